The van der Waals surface area contributed by atoms with E-state index in [0.29, 0.717) is 24.6 Å². The summed E-state index contributed by atoms with van der Waals surface area (Å²) in [5.41, 5.74) is 3.19. The first-order valence-electron chi connectivity index (χ1n) is 12.1. The van der Waals surface area contributed by atoms with Gasteiger partial charge in [0.25, 0.3) is 0 Å². The number of fused-ring (bicyclic) bond motifs is 1. The van der Waals surface area contributed by atoms with Gasteiger partial charge < -0.3 is 9.64 Å². The molecule has 6 heteroatoms. The number of hydrogen-bond acceptors (Lipinski definition) is 5. The number of pyridine rings is 1. The molecule has 1 aromatic heterocycles. The predicted octanol–water partition coefficient (Wildman–Crippen LogP) is 4.33. The first kappa shape index (κ1) is 22.7. The number of ether oxygens (including phenoxy) is 1. The van der Waals surface area contributed by atoms with Crippen LogP contribution >= 0.6 is 0 Å². The third kappa shape index (κ3) is 4.96. The second kappa shape index (κ2) is 10.4. The average Bonchev–Trinajstić information content (AvgIpc) is 3.09. The van der Waals surface area contributed by atoms with Crippen LogP contribution in [0.3, 0.4) is 0 Å². The minimum Gasteiger partial charge on any atom is -0.462 e. The van der Waals surface area contributed by atoms with Crippen molar-refractivity contribution in [2.75, 3.05) is 32.8 Å². The Bertz CT molecular complexity index is 958. The third-order valence-corrected chi connectivity index (χ3v) is 6.93. The van der Waals surface area contributed by atoms with Crippen LogP contribution in [-0.4, -0.2) is 59.4 Å². The van der Waals surface area contributed by atoms with Gasteiger partial charge in [0.15, 0.2) is 0 Å². The van der Waals surface area contributed by atoms with Gasteiger partial charge in [-0.25, -0.2) is 4.79 Å². The minimum absolute atomic E-state index is 0.125. The van der Waals surface area contributed by atoms with E-state index in [-0.39, 0.29) is 11.9 Å². The van der Waals surface area contributed by atoms with Gasteiger partial charge in [-0.1, -0.05) is 31.0 Å². The van der Waals surface area contributed by atoms with E-state index in [1.165, 1.54) is 12.8 Å². The van der Waals surface area contributed by atoms with E-state index in [9.17, 15) is 9.59 Å². The summed E-state index contributed by atoms with van der Waals surface area (Å²) >= 11 is 0. The fourth-order valence-corrected chi connectivity index (χ4v) is 5.13. The molecule has 3 heterocycles. The Morgan fingerprint density at radius 1 is 1.03 bits per heavy atom. The summed E-state index contributed by atoms with van der Waals surface area (Å²) < 4.78 is 5.37. The quantitative estimate of drug-likeness (QED) is 0.652. The molecule has 2 fully saturated rings. The molecule has 0 N–H and O–H groups in total. The van der Waals surface area contributed by atoms with Crippen LogP contribution in [0.2, 0.25) is 0 Å². The fraction of sp³-hybridized carbons (Fsp3) is 0.577. The lowest BCUT2D eigenvalue weighted by Crippen LogP contribution is -2.43. The summed E-state index contributed by atoms with van der Waals surface area (Å²) in [7, 11) is 0. The van der Waals surface area contributed by atoms with Gasteiger partial charge in [0, 0.05) is 30.9 Å². The van der Waals surface area contributed by atoms with Crippen molar-refractivity contribution in [3.63, 3.8) is 0 Å². The summed E-state index contributed by atoms with van der Waals surface area (Å²) in [5, 5.41) is 0.987. The standard InChI is InChI=1S/C26H35N3O3/c1-3-32-26(31)24-19(2)21-10-6-7-11-22(21)27-23(24)18-28-16-12-20(13-17-28)25(30)29-14-8-4-5-9-15-29/h6-7,10-11,20H,3-5,8-9,12-18H2,1-2H3. The van der Waals surface area contributed by atoms with Crippen molar-refractivity contribution in [3.05, 3.63) is 41.1 Å². The maximum Gasteiger partial charge on any atom is 0.340 e. The normalized spacial score (nSPS) is 18.5. The predicted molar refractivity (Wildman–Crippen MR) is 125 cm³/mol. The molecule has 2 aliphatic rings. The maximum atomic E-state index is 13.0. The monoisotopic (exact) mass is 437 g/mol. The number of amides is 1. The molecule has 2 saturated heterocycles. The molecule has 1 aromatic carbocycles. The van der Waals surface area contributed by atoms with Crippen LogP contribution in [0.4, 0.5) is 0 Å². The highest BCUT2D eigenvalue weighted by atomic mass is 16.5. The molecule has 172 valence electrons. The van der Waals surface area contributed by atoms with Crippen LogP contribution in [0.5, 0.6) is 0 Å². The number of carbonyl (C=O) groups is 2. The van der Waals surface area contributed by atoms with Crippen molar-refractivity contribution in [3.8, 4) is 0 Å². The summed E-state index contributed by atoms with van der Waals surface area (Å²) in [5.74, 6) is 0.170. The Labute approximate surface area is 190 Å². The van der Waals surface area contributed by atoms with E-state index >= 15 is 0 Å². The zero-order chi connectivity index (χ0) is 22.5. The molecular weight excluding hydrogens is 402 g/mol. The maximum absolute atomic E-state index is 13.0. The van der Waals surface area contributed by atoms with Gasteiger partial charge in [-0.3, -0.25) is 14.7 Å². The number of aromatic nitrogens is 1. The molecule has 0 spiro atoms. The Morgan fingerprint density at radius 2 is 1.72 bits per heavy atom. The number of hydrogen-bond donors (Lipinski definition) is 0. The zero-order valence-electron chi connectivity index (χ0n) is 19.4. The molecule has 0 aliphatic carbocycles. The Hall–Kier alpha value is -2.47. The highest BCUT2D eigenvalue weighted by Gasteiger charge is 2.30. The number of esters is 1. The molecule has 4 rings (SSSR count). The van der Waals surface area contributed by atoms with Crippen molar-refractivity contribution in [1.82, 2.24) is 14.8 Å². The van der Waals surface area contributed by atoms with E-state index in [1.54, 1.807) is 0 Å². The zero-order valence-corrected chi connectivity index (χ0v) is 19.4. The molecule has 6 nitrogen and oxygen atoms in total. The molecule has 0 atom stereocenters. The Balaban J connectivity index is 1.47. The summed E-state index contributed by atoms with van der Waals surface area (Å²) in [6.45, 7) is 8.28. The lowest BCUT2D eigenvalue weighted by Gasteiger charge is -2.34. The topological polar surface area (TPSA) is 62.7 Å². The summed E-state index contributed by atoms with van der Waals surface area (Å²) in [6, 6.07) is 7.94. The van der Waals surface area contributed by atoms with E-state index in [0.717, 1.165) is 74.0 Å². The molecule has 0 radical (unpaired) electrons. The Kier molecular flexibility index (Phi) is 7.40. The second-order valence-electron chi connectivity index (χ2n) is 9.09. The van der Waals surface area contributed by atoms with Gasteiger partial charge in [0.05, 0.1) is 23.4 Å². The number of benzene rings is 1. The van der Waals surface area contributed by atoms with Crippen LogP contribution in [0.25, 0.3) is 10.9 Å². The fourth-order valence-electron chi connectivity index (χ4n) is 5.13. The second-order valence-corrected chi connectivity index (χ2v) is 9.09. The molecule has 0 unspecified atom stereocenters. The van der Waals surface area contributed by atoms with Gasteiger partial charge >= 0.3 is 5.97 Å². The van der Waals surface area contributed by atoms with Crippen molar-refractivity contribution < 1.29 is 14.3 Å². The van der Waals surface area contributed by atoms with Crippen molar-refractivity contribution in [2.24, 2.45) is 5.92 Å². The summed E-state index contributed by atoms with van der Waals surface area (Å²) in [6.07, 6.45) is 6.49. The van der Waals surface area contributed by atoms with Crippen molar-refractivity contribution in [1.29, 1.82) is 0 Å². The highest BCUT2D eigenvalue weighted by molar-refractivity contribution is 5.98. The lowest BCUT2D eigenvalue weighted by molar-refractivity contribution is -0.137. The smallest absolute Gasteiger partial charge is 0.340 e. The molecule has 2 aliphatic heterocycles. The number of piperidine rings is 1. The first-order valence-corrected chi connectivity index (χ1v) is 12.1. The van der Waals surface area contributed by atoms with Crippen LogP contribution in [0.15, 0.2) is 24.3 Å². The molecule has 1 amide bonds. The van der Waals surface area contributed by atoms with Gasteiger partial charge in [-0.2, -0.15) is 0 Å². The highest BCUT2D eigenvalue weighted by Crippen LogP contribution is 2.27. The SMILES string of the molecule is CCOC(=O)c1c(CN2CCC(C(=O)N3CCCCCC3)CC2)nc2ccccc2c1C. The van der Waals surface area contributed by atoms with Crippen molar-refractivity contribution >= 4 is 22.8 Å². The number of para-hydroxylation sites is 1. The van der Waals surface area contributed by atoms with Gasteiger partial charge in [-0.05, 0) is 64.3 Å². The molecule has 2 aromatic rings. The summed E-state index contributed by atoms with van der Waals surface area (Å²) in [4.78, 5) is 35.1. The number of likely N-dealkylation sites (tertiary alicyclic amines) is 2. The molecule has 0 bridgehead atoms. The lowest BCUT2D eigenvalue weighted by atomic mass is 9.94. The number of rotatable bonds is 5. The number of nitrogens with zero attached hydrogens (tertiary/aromatic N) is 3. The third-order valence-electron chi connectivity index (χ3n) is 6.93. The largest absolute Gasteiger partial charge is 0.462 e. The van der Waals surface area contributed by atoms with E-state index < -0.39 is 0 Å². The van der Waals surface area contributed by atoms with Gasteiger partial charge in [0.1, 0.15) is 0 Å². The minimum atomic E-state index is -0.301. The van der Waals surface area contributed by atoms with Crippen LogP contribution < -0.4 is 0 Å². The molecule has 32 heavy (non-hydrogen) atoms. The van der Waals surface area contributed by atoms with Crippen molar-refractivity contribution in [2.45, 2.75) is 58.9 Å². The Morgan fingerprint density at radius 3 is 2.41 bits per heavy atom. The van der Waals surface area contributed by atoms with E-state index in [1.807, 2.05) is 38.1 Å². The van der Waals surface area contributed by atoms with Crippen LogP contribution in [0.1, 0.15) is 67.1 Å². The van der Waals surface area contributed by atoms with Crippen LogP contribution in [-0.2, 0) is 16.1 Å². The van der Waals surface area contributed by atoms with Crippen LogP contribution in [0, 0.1) is 12.8 Å². The molecule has 0 saturated carbocycles. The first-order chi connectivity index (χ1) is 15.6. The number of carbonyl (C=O) groups excluding carboxylic acids is 2. The van der Waals surface area contributed by atoms with E-state index in [4.69, 9.17) is 9.72 Å². The number of aryl methyl sites for hydroxylation is 1. The average molecular weight is 438 g/mol. The molecular formula is C26H35N3O3. The van der Waals surface area contributed by atoms with Gasteiger partial charge in [0.2, 0.25) is 5.91 Å². The van der Waals surface area contributed by atoms with Gasteiger partial charge in [-0.15, -0.1) is 0 Å². The van der Waals surface area contributed by atoms with E-state index in [2.05, 4.69) is 9.80 Å².